The number of hydrogen-bond acceptors (Lipinski definition) is 6. The van der Waals surface area contributed by atoms with E-state index < -0.39 is 51.3 Å². The lowest BCUT2D eigenvalue weighted by Crippen LogP contribution is -2.51. The summed E-state index contributed by atoms with van der Waals surface area (Å²) < 4.78 is 53.9. The SMILES string of the molecule is CCC(=O)c1c(C(F)(F)F)[n+]([O-])c2cc(F)c(N3CCN(N)CC3)cc2[n+]1[O-]. The molecule has 0 spiro atoms. The van der Waals surface area contributed by atoms with E-state index in [0.29, 0.717) is 32.2 Å². The summed E-state index contributed by atoms with van der Waals surface area (Å²) >= 11 is 0. The number of halogens is 4. The molecule has 3 rings (SSSR count). The van der Waals surface area contributed by atoms with Gasteiger partial charge in [0.15, 0.2) is 5.82 Å². The molecule has 0 amide bonds. The van der Waals surface area contributed by atoms with Crippen molar-refractivity contribution in [2.24, 2.45) is 5.84 Å². The van der Waals surface area contributed by atoms with Crippen molar-refractivity contribution >= 4 is 22.5 Å². The Morgan fingerprint density at radius 1 is 1.14 bits per heavy atom. The molecular weight excluding hydrogens is 386 g/mol. The molecule has 0 unspecified atom stereocenters. The van der Waals surface area contributed by atoms with E-state index in [1.807, 2.05) is 0 Å². The molecule has 0 aliphatic carbocycles. The predicted molar refractivity (Wildman–Crippen MR) is 89.4 cm³/mol. The number of rotatable bonds is 3. The molecule has 8 nitrogen and oxygen atoms in total. The number of nitrogens with two attached hydrogens (primary N) is 1. The molecule has 28 heavy (non-hydrogen) atoms. The summed E-state index contributed by atoms with van der Waals surface area (Å²) in [4.78, 5) is 13.6. The highest BCUT2D eigenvalue weighted by atomic mass is 19.4. The van der Waals surface area contributed by atoms with E-state index in [-0.39, 0.29) is 10.4 Å². The van der Waals surface area contributed by atoms with Crippen LogP contribution in [0.25, 0.3) is 11.0 Å². The fraction of sp³-hybridized carbons (Fsp3) is 0.438. The fourth-order valence-electron chi connectivity index (χ4n) is 3.17. The first-order valence-corrected chi connectivity index (χ1v) is 8.43. The minimum Gasteiger partial charge on any atom is -0.618 e. The van der Waals surface area contributed by atoms with Crippen LogP contribution in [0.1, 0.15) is 29.5 Å². The highest BCUT2D eigenvalue weighted by molar-refractivity contribution is 5.94. The number of piperazine rings is 1. The molecule has 1 aliphatic heterocycles. The molecule has 12 heteroatoms. The van der Waals surface area contributed by atoms with Gasteiger partial charge < -0.3 is 15.3 Å². The summed E-state index contributed by atoms with van der Waals surface area (Å²) in [5.74, 6) is 3.55. The first-order valence-electron chi connectivity index (χ1n) is 8.43. The Labute approximate surface area is 156 Å². The van der Waals surface area contributed by atoms with E-state index in [1.54, 1.807) is 4.90 Å². The van der Waals surface area contributed by atoms with E-state index in [2.05, 4.69) is 0 Å². The topological polar surface area (TPSA) is 103 Å². The summed E-state index contributed by atoms with van der Waals surface area (Å²) in [5, 5.41) is 26.5. The molecule has 0 bridgehead atoms. The quantitative estimate of drug-likeness (QED) is 0.268. The molecule has 0 saturated carbocycles. The lowest BCUT2D eigenvalue weighted by atomic mass is 10.1. The van der Waals surface area contributed by atoms with Crippen LogP contribution in [0.2, 0.25) is 0 Å². The maximum absolute atomic E-state index is 14.6. The minimum atomic E-state index is -5.27. The number of carbonyl (C=O) groups is 1. The van der Waals surface area contributed by atoms with Gasteiger partial charge in [-0.1, -0.05) is 6.92 Å². The Bertz CT molecular complexity index is 942. The Kier molecular flexibility index (Phi) is 5.02. The third-order valence-electron chi connectivity index (χ3n) is 4.62. The van der Waals surface area contributed by atoms with Gasteiger partial charge in [0.2, 0.25) is 5.78 Å². The highest BCUT2D eigenvalue weighted by Gasteiger charge is 2.51. The normalized spacial score (nSPS) is 16.0. The van der Waals surface area contributed by atoms with E-state index in [1.165, 1.54) is 11.9 Å². The Morgan fingerprint density at radius 2 is 1.71 bits per heavy atom. The summed E-state index contributed by atoms with van der Waals surface area (Å²) in [5.41, 5.74) is -4.65. The van der Waals surface area contributed by atoms with Crippen molar-refractivity contribution in [2.75, 3.05) is 31.1 Å². The summed E-state index contributed by atoms with van der Waals surface area (Å²) in [6, 6.07) is 1.57. The van der Waals surface area contributed by atoms with Crippen molar-refractivity contribution in [3.8, 4) is 0 Å². The Hall–Kier alpha value is -2.73. The molecule has 2 N–H and O–H groups in total. The second kappa shape index (κ2) is 7.02. The number of hydrazine groups is 1. The zero-order valence-electron chi connectivity index (χ0n) is 14.8. The van der Waals surface area contributed by atoms with Crippen LogP contribution in [0, 0.1) is 16.2 Å². The molecular formula is C16H17F4N5O3. The van der Waals surface area contributed by atoms with Crippen LogP contribution in [0.3, 0.4) is 0 Å². The average Bonchev–Trinajstić information content (AvgIpc) is 2.63. The van der Waals surface area contributed by atoms with Crippen LogP contribution >= 0.6 is 0 Å². The number of anilines is 1. The van der Waals surface area contributed by atoms with E-state index in [9.17, 15) is 32.8 Å². The zero-order chi connectivity index (χ0) is 20.8. The van der Waals surface area contributed by atoms with Crippen molar-refractivity contribution in [1.29, 1.82) is 0 Å². The van der Waals surface area contributed by atoms with Gasteiger partial charge in [0, 0.05) is 38.7 Å². The van der Waals surface area contributed by atoms with Crippen molar-refractivity contribution in [1.82, 2.24) is 5.01 Å². The van der Waals surface area contributed by atoms with Crippen molar-refractivity contribution in [3.63, 3.8) is 0 Å². The van der Waals surface area contributed by atoms with Crippen molar-refractivity contribution in [3.05, 3.63) is 39.8 Å². The fourth-order valence-corrected chi connectivity index (χ4v) is 3.17. The van der Waals surface area contributed by atoms with Crippen LogP contribution < -0.4 is 20.2 Å². The summed E-state index contributed by atoms with van der Waals surface area (Å²) in [7, 11) is 0. The van der Waals surface area contributed by atoms with Crippen LogP contribution in [-0.4, -0.2) is 37.0 Å². The molecule has 2 heterocycles. The molecule has 1 aliphatic rings. The van der Waals surface area contributed by atoms with Crippen LogP contribution in [0.5, 0.6) is 0 Å². The molecule has 1 aromatic carbocycles. The maximum Gasteiger partial charge on any atom is 0.486 e. The summed E-state index contributed by atoms with van der Waals surface area (Å²) in [6.07, 6.45) is -5.68. The smallest absolute Gasteiger partial charge is 0.486 e. The van der Waals surface area contributed by atoms with Gasteiger partial charge in [0.1, 0.15) is 0 Å². The van der Waals surface area contributed by atoms with Gasteiger partial charge in [-0.05, 0) is 0 Å². The second-order valence-electron chi connectivity index (χ2n) is 6.38. The number of alkyl halides is 3. The van der Waals surface area contributed by atoms with Gasteiger partial charge >= 0.3 is 17.6 Å². The predicted octanol–water partition coefficient (Wildman–Crippen LogP) is 0.853. The molecule has 1 aromatic heterocycles. The second-order valence-corrected chi connectivity index (χ2v) is 6.38. The van der Waals surface area contributed by atoms with E-state index >= 15 is 0 Å². The number of aromatic nitrogens is 2. The van der Waals surface area contributed by atoms with Crippen LogP contribution in [0.15, 0.2) is 12.1 Å². The van der Waals surface area contributed by atoms with Gasteiger partial charge in [-0.2, -0.15) is 17.9 Å². The molecule has 1 fully saturated rings. The number of ketones is 1. The number of fused-ring (bicyclic) bond motifs is 1. The number of nitrogens with zero attached hydrogens (tertiary/aromatic N) is 4. The standard InChI is InChI=1S/C16H17F4N5O3/c1-2-13(26)14-15(16(18,19)20)25(28)11-7-9(17)10(8-12(11)24(14)27)22-3-5-23(21)6-4-22/h7-8H,2-6,21H2,1H3. The number of carbonyl (C=O) groups excluding carboxylic acids is 1. The van der Waals surface area contributed by atoms with Crippen LogP contribution in [-0.2, 0) is 6.18 Å². The lowest BCUT2D eigenvalue weighted by molar-refractivity contribution is -0.647. The molecule has 2 aromatic rings. The summed E-state index contributed by atoms with van der Waals surface area (Å²) in [6.45, 7) is 2.71. The highest BCUT2D eigenvalue weighted by Crippen LogP contribution is 2.31. The molecule has 152 valence electrons. The average molecular weight is 403 g/mol. The van der Waals surface area contributed by atoms with Crippen LogP contribution in [0.4, 0.5) is 23.2 Å². The van der Waals surface area contributed by atoms with Gasteiger partial charge in [0.05, 0.1) is 11.8 Å². The zero-order valence-corrected chi connectivity index (χ0v) is 14.8. The number of Topliss-reactive ketones (excluding diaryl/α,β-unsaturated/α-hetero) is 1. The lowest BCUT2D eigenvalue weighted by Gasteiger charge is -2.33. The number of hydrogen-bond donors (Lipinski definition) is 1. The molecule has 1 saturated heterocycles. The first kappa shape index (κ1) is 20.0. The van der Waals surface area contributed by atoms with Gasteiger partial charge in [0.25, 0.3) is 11.0 Å². The van der Waals surface area contributed by atoms with E-state index in [0.717, 1.165) is 6.07 Å². The largest absolute Gasteiger partial charge is 0.618 e. The third-order valence-corrected chi connectivity index (χ3v) is 4.62. The minimum absolute atomic E-state index is 0.0557. The van der Waals surface area contributed by atoms with Gasteiger partial charge in [-0.25, -0.2) is 9.40 Å². The van der Waals surface area contributed by atoms with Crippen molar-refractivity contribution < 1.29 is 31.8 Å². The molecule has 0 atom stereocenters. The first-order chi connectivity index (χ1) is 13.1. The number of benzene rings is 1. The Morgan fingerprint density at radius 3 is 2.25 bits per heavy atom. The maximum atomic E-state index is 14.6. The van der Waals surface area contributed by atoms with Crippen molar-refractivity contribution in [2.45, 2.75) is 19.5 Å². The Balaban J connectivity index is 2.29. The third kappa shape index (κ3) is 3.29. The molecule has 0 radical (unpaired) electrons. The monoisotopic (exact) mass is 403 g/mol. The van der Waals surface area contributed by atoms with Gasteiger partial charge in [-0.15, -0.1) is 4.73 Å². The van der Waals surface area contributed by atoms with Gasteiger partial charge in [-0.3, -0.25) is 10.6 Å². The van der Waals surface area contributed by atoms with E-state index in [4.69, 9.17) is 5.84 Å².